The van der Waals surface area contributed by atoms with Gasteiger partial charge in [0.2, 0.25) is 5.95 Å². The number of piperidine rings is 1. The van der Waals surface area contributed by atoms with E-state index in [0.29, 0.717) is 16.8 Å². The summed E-state index contributed by atoms with van der Waals surface area (Å²) in [5, 5.41) is 0.499. The lowest BCUT2D eigenvalue weighted by Gasteiger charge is -2.42. The maximum absolute atomic E-state index is 6.73. The number of hydrogen-bond donors (Lipinski definition) is 3. The molecule has 6 N–H and O–H groups in total. The molecule has 2 aliphatic heterocycles. The Hall–Kier alpha value is -3.28. The number of nitrogens with zero attached hydrogens (tertiary/aromatic N) is 7. The number of hydrogen-bond acceptors (Lipinski definition) is 10. The van der Waals surface area contributed by atoms with Crippen LogP contribution >= 0.6 is 23.4 Å². The third-order valence-corrected chi connectivity index (χ3v) is 9.21. The summed E-state index contributed by atoms with van der Waals surface area (Å²) in [6, 6.07) is 5.92. The van der Waals surface area contributed by atoms with Crippen LogP contribution in [0.3, 0.4) is 0 Å². The number of nitrogen functional groups attached to an aromatic ring is 2. The van der Waals surface area contributed by atoms with Crippen LogP contribution in [0.25, 0.3) is 5.65 Å². The highest BCUT2D eigenvalue weighted by atomic mass is 35.5. The summed E-state index contributed by atoms with van der Waals surface area (Å²) in [5.74, 6) is 1.76. The topological polar surface area (TPSA) is 141 Å². The number of nitrogens with two attached hydrogens (primary N) is 3. The maximum Gasteiger partial charge on any atom is 0.213 e. The van der Waals surface area contributed by atoms with E-state index in [1.54, 1.807) is 18.6 Å². The number of pyridine rings is 2. The number of imidazole rings is 1. The Labute approximate surface area is 224 Å². The fraction of sp³-hybridized carbons (Fsp3) is 0.360. The molecule has 6 rings (SSSR count). The van der Waals surface area contributed by atoms with E-state index in [1.165, 1.54) is 11.8 Å². The molecule has 0 aromatic carbocycles. The molecule has 0 bridgehead atoms. The van der Waals surface area contributed by atoms with Gasteiger partial charge >= 0.3 is 0 Å². The van der Waals surface area contributed by atoms with Gasteiger partial charge in [0.05, 0.1) is 4.90 Å². The predicted molar refractivity (Wildman–Crippen MR) is 148 cm³/mol. The van der Waals surface area contributed by atoms with Crippen molar-refractivity contribution in [1.82, 2.24) is 24.3 Å². The van der Waals surface area contributed by atoms with Crippen molar-refractivity contribution in [2.45, 2.75) is 35.6 Å². The lowest BCUT2D eigenvalue weighted by atomic mass is 9.75. The van der Waals surface area contributed by atoms with Crippen LogP contribution in [0.1, 0.15) is 18.4 Å². The molecule has 0 saturated carbocycles. The summed E-state index contributed by atoms with van der Waals surface area (Å²) in [6.45, 7) is 5.34. The molecule has 0 unspecified atom stereocenters. The first-order valence-corrected chi connectivity index (χ1v) is 13.4. The van der Waals surface area contributed by atoms with Crippen molar-refractivity contribution in [1.29, 1.82) is 0 Å². The lowest BCUT2D eigenvalue weighted by molar-refractivity contribution is 0.220. The van der Waals surface area contributed by atoms with Gasteiger partial charge in [0, 0.05) is 78.6 Å². The second-order valence-corrected chi connectivity index (χ2v) is 11.3. The van der Waals surface area contributed by atoms with Gasteiger partial charge in [-0.25, -0.2) is 15.0 Å². The largest absolute Gasteiger partial charge is 0.383 e. The van der Waals surface area contributed by atoms with Crippen LogP contribution in [0.5, 0.6) is 0 Å². The monoisotopic (exact) mass is 536 g/mol. The molecule has 192 valence electrons. The van der Waals surface area contributed by atoms with Gasteiger partial charge in [0.15, 0.2) is 5.65 Å². The highest BCUT2D eigenvalue weighted by molar-refractivity contribution is 7.99. The average Bonchev–Trinajstić information content (AvgIpc) is 3.49. The first-order chi connectivity index (χ1) is 17.8. The van der Waals surface area contributed by atoms with E-state index in [1.807, 2.05) is 35.7 Å². The van der Waals surface area contributed by atoms with Crippen molar-refractivity contribution in [3.8, 4) is 0 Å². The molecule has 37 heavy (non-hydrogen) atoms. The van der Waals surface area contributed by atoms with E-state index in [-0.39, 0.29) is 11.5 Å². The molecule has 2 saturated heterocycles. The molecular weight excluding hydrogens is 508 g/mol. The summed E-state index contributed by atoms with van der Waals surface area (Å²) < 4.78 is 2.02. The minimum Gasteiger partial charge on any atom is -0.383 e. The van der Waals surface area contributed by atoms with Crippen LogP contribution < -0.4 is 27.0 Å². The Bertz CT molecular complexity index is 1470. The third kappa shape index (κ3) is 4.20. The van der Waals surface area contributed by atoms with E-state index < -0.39 is 0 Å². The standard InChI is InChI=1S/C25H29ClN10S/c1-15-17(3-7-31-21(15)28)37-20-22(29)33-24(36-11-8-32-23(20)36)34-9-4-25(5-10-34)14-35(13-18(25)27)16-2-6-30-19(26)12-16/h2-3,6-8,11-12,18H,4-5,9-10,13-14,27,29H2,1H3,(H2,28,31)/t18-/m1/s1. The van der Waals surface area contributed by atoms with Crippen LogP contribution in [0.4, 0.5) is 23.3 Å². The van der Waals surface area contributed by atoms with Crippen molar-refractivity contribution in [3.63, 3.8) is 0 Å². The van der Waals surface area contributed by atoms with Gasteiger partial charge < -0.3 is 27.0 Å². The molecule has 0 amide bonds. The molecule has 4 aromatic heterocycles. The van der Waals surface area contributed by atoms with Crippen molar-refractivity contribution in [2.24, 2.45) is 11.1 Å². The number of aromatic nitrogens is 5. The van der Waals surface area contributed by atoms with Crippen LogP contribution in [-0.4, -0.2) is 56.6 Å². The molecular formula is C25H29ClN10S. The molecule has 12 heteroatoms. The van der Waals surface area contributed by atoms with Crippen LogP contribution in [-0.2, 0) is 0 Å². The molecule has 0 radical (unpaired) electrons. The quantitative estimate of drug-likeness (QED) is 0.333. The van der Waals surface area contributed by atoms with Crippen LogP contribution in [0.2, 0.25) is 5.15 Å². The van der Waals surface area contributed by atoms with E-state index in [4.69, 9.17) is 33.8 Å². The highest BCUT2D eigenvalue weighted by Gasteiger charge is 2.47. The molecule has 0 aliphatic carbocycles. The Kier molecular flexibility index (Phi) is 6.01. The molecule has 1 spiro atoms. The van der Waals surface area contributed by atoms with Gasteiger partial charge in [-0.1, -0.05) is 23.4 Å². The molecule has 10 nitrogen and oxygen atoms in total. The summed E-state index contributed by atoms with van der Waals surface area (Å²) in [6.07, 6.45) is 9.10. The molecule has 2 fully saturated rings. The molecule has 2 aliphatic rings. The van der Waals surface area contributed by atoms with Crippen molar-refractivity contribution >= 4 is 52.3 Å². The van der Waals surface area contributed by atoms with Crippen LogP contribution in [0.15, 0.2) is 52.8 Å². The lowest BCUT2D eigenvalue weighted by Crippen LogP contribution is -2.49. The smallest absolute Gasteiger partial charge is 0.213 e. The maximum atomic E-state index is 6.73. The Morgan fingerprint density at radius 1 is 1.03 bits per heavy atom. The third-order valence-electron chi connectivity index (χ3n) is 7.74. The van der Waals surface area contributed by atoms with E-state index in [2.05, 4.69) is 24.8 Å². The number of halogens is 1. The fourth-order valence-electron chi connectivity index (χ4n) is 5.49. The van der Waals surface area contributed by atoms with Gasteiger partial charge in [-0.05, 0) is 38.0 Å². The zero-order chi connectivity index (χ0) is 25.7. The SMILES string of the molecule is Cc1c(Sc2c(N)nc(N3CCC4(CC3)CN(c3ccnc(Cl)c3)C[C@H]4N)n3ccnc23)ccnc1N. The molecule has 1 atom stereocenters. The summed E-state index contributed by atoms with van der Waals surface area (Å²) in [7, 11) is 0. The van der Waals surface area contributed by atoms with Gasteiger partial charge in [0.25, 0.3) is 0 Å². The highest BCUT2D eigenvalue weighted by Crippen LogP contribution is 2.43. The molecule has 4 aromatic rings. The summed E-state index contributed by atoms with van der Waals surface area (Å²) in [5.41, 5.74) is 22.1. The van der Waals surface area contributed by atoms with E-state index >= 15 is 0 Å². The Morgan fingerprint density at radius 2 is 1.81 bits per heavy atom. The normalized spacial score (nSPS) is 19.3. The zero-order valence-corrected chi connectivity index (χ0v) is 22.1. The minimum absolute atomic E-state index is 0.0421. The van der Waals surface area contributed by atoms with Gasteiger partial charge in [-0.3, -0.25) is 4.40 Å². The number of fused-ring (bicyclic) bond motifs is 1. The Morgan fingerprint density at radius 3 is 2.59 bits per heavy atom. The fourth-order valence-corrected chi connectivity index (χ4v) is 6.66. The Balaban J connectivity index is 1.24. The van der Waals surface area contributed by atoms with Crippen LogP contribution in [0, 0.1) is 12.3 Å². The minimum atomic E-state index is 0.0421. The van der Waals surface area contributed by atoms with Gasteiger partial charge in [0.1, 0.15) is 16.8 Å². The zero-order valence-electron chi connectivity index (χ0n) is 20.5. The van der Waals surface area contributed by atoms with Gasteiger partial charge in [-0.15, -0.1) is 0 Å². The van der Waals surface area contributed by atoms with E-state index in [0.717, 1.165) is 71.7 Å². The van der Waals surface area contributed by atoms with Crippen molar-refractivity contribution < 1.29 is 0 Å². The summed E-state index contributed by atoms with van der Waals surface area (Å²) >= 11 is 7.65. The first kappa shape index (κ1) is 24.1. The average molecular weight is 537 g/mol. The second-order valence-electron chi connectivity index (χ2n) is 9.84. The first-order valence-electron chi connectivity index (χ1n) is 12.2. The van der Waals surface area contributed by atoms with E-state index in [9.17, 15) is 0 Å². The van der Waals surface area contributed by atoms with Gasteiger partial charge in [-0.2, -0.15) is 4.98 Å². The predicted octanol–water partition coefficient (Wildman–Crippen LogP) is 3.23. The molecule has 6 heterocycles. The summed E-state index contributed by atoms with van der Waals surface area (Å²) in [4.78, 5) is 24.1. The second kappa shape index (κ2) is 9.23. The van der Waals surface area contributed by atoms with Crippen molar-refractivity contribution in [2.75, 3.05) is 47.4 Å². The number of rotatable bonds is 4. The van der Waals surface area contributed by atoms with Crippen molar-refractivity contribution in [3.05, 3.63) is 53.7 Å². The number of anilines is 4.